The van der Waals surface area contributed by atoms with Gasteiger partial charge in [-0.25, -0.2) is 4.79 Å². The number of hydrogen-bond donors (Lipinski definition) is 3. The summed E-state index contributed by atoms with van der Waals surface area (Å²) < 4.78 is 16.9. The third kappa shape index (κ3) is 7.70. The van der Waals surface area contributed by atoms with Gasteiger partial charge in [-0.2, -0.15) is 0 Å². The number of benzene rings is 2. The molecule has 0 bridgehead atoms. The van der Waals surface area contributed by atoms with Crippen molar-refractivity contribution in [2.75, 3.05) is 13.7 Å². The molecule has 0 spiro atoms. The van der Waals surface area contributed by atoms with Crippen LogP contribution in [0.25, 0.3) is 12.2 Å². The largest absolute Gasteiger partial charge is 0.507 e. The standard InChI is InChI=1S/C36H36O9S/c1-4-10-26-29(17-16-25(21(2)37)33(26)39)44-18-8-6-5-7-13-28(32(38)22-11-9-12-23(19-22)43-3)31-34(40)27-15-14-24(46)20-30(27)45-35(31)36(41)42/h5-7,9,11-13,15-17,19-20,28,32,38-39H,4,8,10,14,18H2,1-3H3,(H,41,42)/b6-5-,13-7+/t28-,32-/m0/s1. The van der Waals surface area contributed by atoms with E-state index in [-0.39, 0.29) is 39.9 Å². The maximum absolute atomic E-state index is 13.8. The fraction of sp³-hybridized carbons (Fsp3) is 0.278. The fourth-order valence-corrected chi connectivity index (χ4v) is 5.46. The molecule has 1 aliphatic carbocycles. The Hall–Kier alpha value is -4.80. The molecule has 4 rings (SSSR count). The molecule has 9 nitrogen and oxygen atoms in total. The highest BCUT2D eigenvalue weighted by molar-refractivity contribution is 7.81. The molecule has 0 saturated heterocycles. The third-order valence-corrected chi connectivity index (χ3v) is 7.83. The highest BCUT2D eigenvalue weighted by Crippen LogP contribution is 2.34. The van der Waals surface area contributed by atoms with Crippen molar-refractivity contribution in [2.24, 2.45) is 0 Å². The first kappa shape index (κ1) is 34.1. The summed E-state index contributed by atoms with van der Waals surface area (Å²) in [6.07, 6.45) is 10.6. The molecule has 240 valence electrons. The third-order valence-electron chi connectivity index (χ3n) is 7.54. The van der Waals surface area contributed by atoms with E-state index >= 15 is 0 Å². The number of Topliss-reactive ketones (excluding diaryl/α,β-unsaturated/α-hetero) is 1. The smallest absolute Gasteiger partial charge is 0.372 e. The van der Waals surface area contributed by atoms with Gasteiger partial charge in [0.25, 0.3) is 0 Å². The molecule has 2 aromatic carbocycles. The minimum absolute atomic E-state index is 0.0588. The number of rotatable bonds is 14. The van der Waals surface area contributed by atoms with Crippen molar-refractivity contribution < 1.29 is 38.8 Å². The summed E-state index contributed by atoms with van der Waals surface area (Å²) >= 11 is 5.22. The number of aromatic carboxylic acids is 1. The van der Waals surface area contributed by atoms with Crippen molar-refractivity contribution in [3.05, 3.63) is 110 Å². The van der Waals surface area contributed by atoms with Gasteiger partial charge in [-0.1, -0.05) is 68.1 Å². The van der Waals surface area contributed by atoms with Crippen LogP contribution in [-0.2, 0) is 6.42 Å². The summed E-state index contributed by atoms with van der Waals surface area (Å²) in [6.45, 7) is 3.65. The second-order valence-electron chi connectivity index (χ2n) is 10.7. The van der Waals surface area contributed by atoms with E-state index in [0.717, 1.165) is 6.42 Å². The number of allylic oxidation sites excluding steroid dienone is 2. The molecule has 0 amide bonds. The number of methoxy groups -OCH3 is 1. The molecule has 0 saturated carbocycles. The first-order valence-corrected chi connectivity index (χ1v) is 15.3. The molecule has 0 unspecified atom stereocenters. The summed E-state index contributed by atoms with van der Waals surface area (Å²) in [6, 6.07) is 9.90. The summed E-state index contributed by atoms with van der Waals surface area (Å²) in [5.41, 5.74) is 0.580. The lowest BCUT2D eigenvalue weighted by molar-refractivity contribution is 0.0650. The van der Waals surface area contributed by atoms with Gasteiger partial charge in [0, 0.05) is 22.8 Å². The number of aliphatic hydroxyl groups excluding tert-OH is 1. The van der Waals surface area contributed by atoms with E-state index in [9.17, 15) is 29.7 Å². The van der Waals surface area contributed by atoms with Gasteiger partial charge in [-0.15, -0.1) is 0 Å². The normalized spacial score (nSPS) is 14.0. The first-order chi connectivity index (χ1) is 22.1. The van der Waals surface area contributed by atoms with E-state index in [4.69, 9.17) is 26.1 Å². The minimum atomic E-state index is -1.45. The van der Waals surface area contributed by atoms with E-state index in [1.807, 2.05) is 13.0 Å². The summed E-state index contributed by atoms with van der Waals surface area (Å²) in [4.78, 5) is 38.4. The van der Waals surface area contributed by atoms with Crippen LogP contribution in [0.2, 0.25) is 0 Å². The Morgan fingerprint density at radius 1 is 1.17 bits per heavy atom. The van der Waals surface area contributed by atoms with Gasteiger partial charge < -0.3 is 29.2 Å². The maximum atomic E-state index is 13.8. The number of carbonyl (C=O) groups excluding carboxylic acids is 1. The predicted molar refractivity (Wildman–Crippen MR) is 179 cm³/mol. The number of fused-ring (bicyclic) bond motifs is 1. The summed E-state index contributed by atoms with van der Waals surface area (Å²) in [7, 11) is 1.49. The molecule has 10 heteroatoms. The SMILES string of the molecule is CCCc1c(OCC/C=C\C=C\[C@@H](c2c(C(=O)O)oc3c(c2=O)=CCC(=S)C=3)[C@@H](O)c2cccc(OC)c2)ccc(C(C)=O)c1O. The Bertz CT molecular complexity index is 1880. The van der Waals surface area contributed by atoms with Gasteiger partial charge in [-0.05, 0) is 55.7 Å². The fourth-order valence-electron chi connectivity index (χ4n) is 5.27. The van der Waals surface area contributed by atoms with E-state index in [0.29, 0.717) is 46.8 Å². The maximum Gasteiger partial charge on any atom is 0.372 e. The Kier molecular flexibility index (Phi) is 11.5. The zero-order valence-corrected chi connectivity index (χ0v) is 26.6. The molecule has 2 atom stereocenters. The zero-order chi connectivity index (χ0) is 33.4. The van der Waals surface area contributed by atoms with Gasteiger partial charge in [-0.3, -0.25) is 9.59 Å². The molecule has 0 fully saturated rings. The van der Waals surface area contributed by atoms with Crippen LogP contribution in [0, 0.1) is 0 Å². The predicted octanol–water partition coefficient (Wildman–Crippen LogP) is 4.94. The van der Waals surface area contributed by atoms with Gasteiger partial charge in [0.05, 0.1) is 36.2 Å². The Labute approximate surface area is 271 Å². The number of thiocarbonyl (C=S) groups is 1. The van der Waals surface area contributed by atoms with Crippen LogP contribution < -0.4 is 25.5 Å². The van der Waals surface area contributed by atoms with Gasteiger partial charge in [0.15, 0.2) is 11.2 Å². The average Bonchev–Trinajstić information content (AvgIpc) is 3.03. The molecule has 0 radical (unpaired) electrons. The Balaban J connectivity index is 1.63. The highest BCUT2D eigenvalue weighted by Gasteiger charge is 2.31. The van der Waals surface area contributed by atoms with Crippen LogP contribution in [-0.4, -0.2) is 45.7 Å². The number of phenolic OH excluding ortho intramolecular Hbond substituents is 1. The second kappa shape index (κ2) is 15.5. The van der Waals surface area contributed by atoms with Crippen molar-refractivity contribution >= 4 is 41.0 Å². The van der Waals surface area contributed by atoms with Gasteiger partial charge >= 0.3 is 5.97 Å². The number of hydrogen-bond acceptors (Lipinski definition) is 9. The van der Waals surface area contributed by atoms with E-state index in [1.165, 1.54) is 20.1 Å². The molecule has 0 aliphatic heterocycles. The lowest BCUT2D eigenvalue weighted by Gasteiger charge is -2.22. The van der Waals surface area contributed by atoms with Gasteiger partial charge in [0.2, 0.25) is 5.76 Å². The van der Waals surface area contributed by atoms with Crippen LogP contribution in [0.1, 0.15) is 82.7 Å². The van der Waals surface area contributed by atoms with Crippen molar-refractivity contribution in [1.29, 1.82) is 0 Å². The van der Waals surface area contributed by atoms with Crippen molar-refractivity contribution in [3.63, 3.8) is 0 Å². The quantitative estimate of drug-likeness (QED) is 0.0956. The number of carboxylic acids is 1. The van der Waals surface area contributed by atoms with Crippen LogP contribution in [0.4, 0.5) is 0 Å². The number of ketones is 1. The van der Waals surface area contributed by atoms with Crippen LogP contribution >= 0.6 is 12.2 Å². The van der Waals surface area contributed by atoms with Crippen molar-refractivity contribution in [3.8, 4) is 17.2 Å². The highest BCUT2D eigenvalue weighted by atomic mass is 32.1. The lowest BCUT2D eigenvalue weighted by atomic mass is 9.87. The van der Waals surface area contributed by atoms with E-state index in [2.05, 4.69) is 0 Å². The number of carboxylic acid groups (broad SMARTS) is 1. The van der Waals surface area contributed by atoms with Crippen LogP contribution in [0.5, 0.6) is 17.2 Å². The van der Waals surface area contributed by atoms with Crippen LogP contribution in [0.3, 0.4) is 0 Å². The molecule has 1 heterocycles. The molecule has 46 heavy (non-hydrogen) atoms. The number of carbonyl (C=O) groups is 2. The number of aromatic hydroxyl groups is 1. The molecular formula is C36H36O9S. The molecule has 1 aromatic heterocycles. The monoisotopic (exact) mass is 644 g/mol. The van der Waals surface area contributed by atoms with Gasteiger partial charge in [0.1, 0.15) is 22.7 Å². The second-order valence-corrected chi connectivity index (χ2v) is 11.2. The molecule has 3 N–H and O–H groups in total. The van der Waals surface area contributed by atoms with Crippen molar-refractivity contribution in [1.82, 2.24) is 0 Å². The van der Waals surface area contributed by atoms with E-state index in [1.54, 1.807) is 60.7 Å². The Morgan fingerprint density at radius 2 is 1.96 bits per heavy atom. The molecule has 3 aromatic rings. The molecule has 1 aliphatic rings. The lowest BCUT2D eigenvalue weighted by Crippen LogP contribution is -2.45. The number of aliphatic hydroxyl groups is 1. The number of phenols is 1. The summed E-state index contributed by atoms with van der Waals surface area (Å²) in [5, 5.41) is 32.3. The van der Waals surface area contributed by atoms with Crippen LogP contribution in [0.15, 0.2) is 69.9 Å². The van der Waals surface area contributed by atoms with E-state index < -0.39 is 29.2 Å². The zero-order valence-electron chi connectivity index (χ0n) is 25.8. The Morgan fingerprint density at radius 3 is 2.65 bits per heavy atom. The first-order valence-electron chi connectivity index (χ1n) is 14.9. The average molecular weight is 645 g/mol. The number of ether oxygens (including phenoxy) is 2. The van der Waals surface area contributed by atoms with Crippen molar-refractivity contribution in [2.45, 2.75) is 51.6 Å². The summed E-state index contributed by atoms with van der Waals surface area (Å²) in [5.74, 6) is -2.42. The molecular weight excluding hydrogens is 608 g/mol. The minimum Gasteiger partial charge on any atom is -0.507 e. The topological polar surface area (TPSA) is 144 Å².